The van der Waals surface area contributed by atoms with Crippen LogP contribution in [0.3, 0.4) is 0 Å². The molecule has 0 spiro atoms. The highest BCUT2D eigenvalue weighted by Crippen LogP contribution is 2.59. The van der Waals surface area contributed by atoms with Crippen LogP contribution in [0.15, 0.2) is 30.3 Å². The molecule has 0 saturated heterocycles. The summed E-state index contributed by atoms with van der Waals surface area (Å²) in [4.78, 5) is 0. The molecule has 3 rings (SSSR count). The van der Waals surface area contributed by atoms with Crippen molar-refractivity contribution in [2.45, 2.75) is 43.2 Å². The lowest BCUT2D eigenvalue weighted by Gasteiger charge is -2.26. The Morgan fingerprint density at radius 2 is 1.57 bits per heavy atom. The maximum absolute atomic E-state index is 14.0. The molecule has 2 bridgehead atoms. The van der Waals surface area contributed by atoms with Gasteiger partial charge in [0.15, 0.2) is 0 Å². The van der Waals surface area contributed by atoms with Gasteiger partial charge < -0.3 is 0 Å². The van der Waals surface area contributed by atoms with Crippen molar-refractivity contribution in [2.75, 3.05) is 0 Å². The van der Waals surface area contributed by atoms with Crippen molar-refractivity contribution in [3.63, 3.8) is 0 Å². The number of hydrogen-bond acceptors (Lipinski definition) is 0. The van der Waals surface area contributed by atoms with Crippen LogP contribution in [0.4, 0.5) is 4.39 Å². The van der Waals surface area contributed by atoms with E-state index in [4.69, 9.17) is 0 Å². The molecule has 0 nitrogen and oxygen atoms in total. The van der Waals surface area contributed by atoms with Gasteiger partial charge in [-0.1, -0.05) is 30.3 Å². The third kappa shape index (κ3) is 1.05. The molecule has 0 unspecified atom stereocenters. The van der Waals surface area contributed by atoms with Gasteiger partial charge in [0.05, 0.1) is 0 Å². The molecule has 0 atom stereocenters. The summed E-state index contributed by atoms with van der Waals surface area (Å²) in [6, 6.07) is 10.5. The third-order valence-electron chi connectivity index (χ3n) is 4.14. The van der Waals surface area contributed by atoms with E-state index in [0.717, 1.165) is 32.1 Å². The van der Waals surface area contributed by atoms with Gasteiger partial charge in [-0.15, -0.1) is 0 Å². The summed E-state index contributed by atoms with van der Waals surface area (Å²) in [6.45, 7) is 0. The van der Waals surface area contributed by atoms with E-state index in [1.54, 1.807) is 0 Å². The Balaban J connectivity index is 2.00. The Kier molecular flexibility index (Phi) is 1.56. The van der Waals surface area contributed by atoms with E-state index in [1.807, 2.05) is 6.07 Å². The Labute approximate surface area is 84.1 Å². The number of halogens is 1. The lowest BCUT2D eigenvalue weighted by molar-refractivity contribution is 0.176. The number of rotatable bonds is 1. The van der Waals surface area contributed by atoms with E-state index in [9.17, 15) is 4.39 Å². The molecule has 0 aromatic heterocycles. The van der Waals surface area contributed by atoms with Crippen molar-refractivity contribution >= 4 is 0 Å². The minimum absolute atomic E-state index is 0.190. The van der Waals surface area contributed by atoms with Gasteiger partial charge in [-0.05, 0) is 43.1 Å². The Bertz CT molecular complexity index is 334. The second kappa shape index (κ2) is 2.59. The normalized spacial score (nSPS) is 40.4. The van der Waals surface area contributed by atoms with Gasteiger partial charge >= 0.3 is 0 Å². The largest absolute Gasteiger partial charge is 0.244 e. The van der Waals surface area contributed by atoms with Crippen LogP contribution in [0, 0.1) is 0 Å². The first-order valence-corrected chi connectivity index (χ1v) is 5.47. The van der Waals surface area contributed by atoms with Gasteiger partial charge in [0.1, 0.15) is 5.67 Å². The van der Waals surface area contributed by atoms with Crippen LogP contribution < -0.4 is 0 Å². The van der Waals surface area contributed by atoms with Crippen molar-refractivity contribution in [3.05, 3.63) is 35.9 Å². The summed E-state index contributed by atoms with van der Waals surface area (Å²) >= 11 is 0. The standard InChI is InChI=1S/C13H15F/c14-13-8-6-12(10-13,7-9-13)11-4-2-1-3-5-11/h1-5H,6-10H2. The predicted octanol–water partition coefficient (Wildman–Crippen LogP) is 3.61. The van der Waals surface area contributed by atoms with Crippen molar-refractivity contribution in [2.24, 2.45) is 0 Å². The summed E-state index contributed by atoms with van der Waals surface area (Å²) in [7, 11) is 0. The molecule has 74 valence electrons. The van der Waals surface area contributed by atoms with Crippen LogP contribution in [0.5, 0.6) is 0 Å². The molecule has 1 aromatic carbocycles. The van der Waals surface area contributed by atoms with Gasteiger partial charge in [-0.25, -0.2) is 4.39 Å². The second-order valence-electron chi connectivity index (χ2n) is 4.97. The van der Waals surface area contributed by atoms with E-state index >= 15 is 0 Å². The molecule has 2 saturated carbocycles. The molecular formula is C13H15F. The van der Waals surface area contributed by atoms with Crippen molar-refractivity contribution < 1.29 is 4.39 Å². The maximum Gasteiger partial charge on any atom is 0.112 e. The molecule has 1 aromatic rings. The number of fused-ring (bicyclic) bond motifs is 2. The third-order valence-corrected chi connectivity index (χ3v) is 4.14. The lowest BCUT2D eigenvalue weighted by Crippen LogP contribution is -2.19. The number of benzene rings is 1. The molecule has 0 aliphatic heterocycles. The highest BCUT2D eigenvalue weighted by atomic mass is 19.1. The fourth-order valence-corrected chi connectivity index (χ4v) is 3.32. The topological polar surface area (TPSA) is 0 Å². The van der Waals surface area contributed by atoms with E-state index in [-0.39, 0.29) is 5.41 Å². The fraction of sp³-hybridized carbons (Fsp3) is 0.538. The summed E-state index contributed by atoms with van der Waals surface area (Å²) in [5.41, 5.74) is 0.725. The zero-order valence-electron chi connectivity index (χ0n) is 8.30. The monoisotopic (exact) mass is 190 g/mol. The fourth-order valence-electron chi connectivity index (χ4n) is 3.32. The maximum atomic E-state index is 14.0. The average Bonchev–Trinajstić information content (AvgIpc) is 2.74. The Hall–Kier alpha value is -0.850. The predicted molar refractivity (Wildman–Crippen MR) is 55.0 cm³/mol. The van der Waals surface area contributed by atoms with E-state index in [1.165, 1.54) is 5.56 Å². The zero-order chi connectivity index (χ0) is 9.65. The van der Waals surface area contributed by atoms with Gasteiger partial charge in [-0.3, -0.25) is 0 Å². The van der Waals surface area contributed by atoms with Crippen LogP contribution in [0.2, 0.25) is 0 Å². The highest BCUT2D eigenvalue weighted by molar-refractivity contribution is 5.31. The molecule has 0 heterocycles. The minimum atomic E-state index is -0.824. The molecule has 1 heteroatoms. The molecule has 0 amide bonds. The SMILES string of the molecule is FC12CCC(c3ccccc3)(CC1)C2. The van der Waals surface area contributed by atoms with Gasteiger partial charge in [0.2, 0.25) is 0 Å². The van der Waals surface area contributed by atoms with Crippen LogP contribution in [0.25, 0.3) is 0 Å². The van der Waals surface area contributed by atoms with Gasteiger partial charge in [0.25, 0.3) is 0 Å². The summed E-state index contributed by atoms with van der Waals surface area (Å²) in [6.07, 6.45) is 4.43. The quantitative estimate of drug-likeness (QED) is 0.634. The Morgan fingerprint density at radius 1 is 0.929 bits per heavy atom. The van der Waals surface area contributed by atoms with Gasteiger partial charge in [0, 0.05) is 0 Å². The number of hydrogen-bond donors (Lipinski definition) is 0. The molecule has 2 aliphatic carbocycles. The molecular weight excluding hydrogens is 175 g/mol. The van der Waals surface area contributed by atoms with E-state index in [0.29, 0.717) is 0 Å². The lowest BCUT2D eigenvalue weighted by atomic mass is 9.78. The van der Waals surface area contributed by atoms with Crippen LogP contribution in [0.1, 0.15) is 37.7 Å². The molecule has 2 aliphatic rings. The van der Waals surface area contributed by atoms with Crippen molar-refractivity contribution in [1.82, 2.24) is 0 Å². The highest BCUT2D eigenvalue weighted by Gasteiger charge is 2.55. The minimum Gasteiger partial charge on any atom is -0.244 e. The first-order valence-electron chi connectivity index (χ1n) is 5.47. The zero-order valence-corrected chi connectivity index (χ0v) is 8.30. The molecule has 0 radical (unpaired) electrons. The van der Waals surface area contributed by atoms with E-state index in [2.05, 4.69) is 24.3 Å². The van der Waals surface area contributed by atoms with Crippen LogP contribution in [-0.4, -0.2) is 5.67 Å². The number of alkyl halides is 1. The van der Waals surface area contributed by atoms with Crippen molar-refractivity contribution in [1.29, 1.82) is 0 Å². The second-order valence-corrected chi connectivity index (χ2v) is 4.97. The van der Waals surface area contributed by atoms with Crippen molar-refractivity contribution in [3.8, 4) is 0 Å². The molecule has 0 N–H and O–H groups in total. The smallest absolute Gasteiger partial charge is 0.112 e. The summed E-state index contributed by atoms with van der Waals surface area (Å²) in [5.74, 6) is 0. The first kappa shape index (κ1) is 8.46. The average molecular weight is 190 g/mol. The summed E-state index contributed by atoms with van der Waals surface area (Å²) < 4.78 is 14.0. The van der Waals surface area contributed by atoms with Gasteiger partial charge in [-0.2, -0.15) is 0 Å². The van der Waals surface area contributed by atoms with E-state index < -0.39 is 5.67 Å². The molecule has 14 heavy (non-hydrogen) atoms. The Morgan fingerprint density at radius 3 is 2.07 bits per heavy atom. The summed E-state index contributed by atoms with van der Waals surface area (Å²) in [5, 5.41) is 0. The first-order chi connectivity index (χ1) is 6.73. The molecule has 2 fully saturated rings. The van der Waals surface area contributed by atoms with Crippen LogP contribution >= 0.6 is 0 Å². The van der Waals surface area contributed by atoms with Crippen LogP contribution in [-0.2, 0) is 5.41 Å².